The minimum atomic E-state index is -0.370. The van der Waals surface area contributed by atoms with E-state index >= 15 is 0 Å². The van der Waals surface area contributed by atoms with Crippen molar-refractivity contribution in [3.63, 3.8) is 0 Å². The van der Waals surface area contributed by atoms with Crippen LogP contribution >= 0.6 is 11.3 Å². The molecule has 0 amide bonds. The average molecular weight is 369 g/mol. The maximum Gasteiger partial charge on any atom is 0.338 e. The summed E-state index contributed by atoms with van der Waals surface area (Å²) in [4.78, 5) is 20.6. The zero-order valence-corrected chi connectivity index (χ0v) is 15.6. The van der Waals surface area contributed by atoms with Gasteiger partial charge in [0.25, 0.3) is 0 Å². The number of nitrogens with one attached hydrogen (secondary N) is 1. The van der Waals surface area contributed by atoms with E-state index in [9.17, 15) is 4.79 Å². The van der Waals surface area contributed by atoms with Crippen molar-refractivity contribution in [2.24, 2.45) is 0 Å². The quantitative estimate of drug-likeness (QED) is 0.625. The van der Waals surface area contributed by atoms with E-state index in [2.05, 4.69) is 15.3 Å². The predicted octanol–water partition coefficient (Wildman–Crippen LogP) is 4.87. The van der Waals surface area contributed by atoms with Gasteiger partial charge in [0, 0.05) is 17.1 Å². The molecule has 0 atom stereocenters. The molecular formula is C19H19N3O3S. The van der Waals surface area contributed by atoms with Crippen molar-refractivity contribution in [3.05, 3.63) is 58.7 Å². The Morgan fingerprint density at radius 2 is 2.12 bits per heavy atom. The number of hydrogen-bond donors (Lipinski definition) is 1. The Bertz CT molecular complexity index is 924. The van der Waals surface area contributed by atoms with Gasteiger partial charge in [0.05, 0.1) is 17.9 Å². The molecule has 0 aliphatic heterocycles. The number of benzene rings is 1. The molecule has 2 aromatic heterocycles. The van der Waals surface area contributed by atoms with Crippen molar-refractivity contribution < 1.29 is 14.3 Å². The van der Waals surface area contributed by atoms with Gasteiger partial charge in [0.1, 0.15) is 17.3 Å². The lowest BCUT2D eigenvalue weighted by Crippen LogP contribution is -2.04. The maximum atomic E-state index is 11.9. The number of ether oxygens (including phenoxy) is 2. The van der Waals surface area contributed by atoms with Crippen LogP contribution in [0.2, 0.25) is 0 Å². The number of pyridine rings is 1. The van der Waals surface area contributed by atoms with Gasteiger partial charge in [-0.3, -0.25) is 0 Å². The molecule has 3 rings (SSSR count). The molecule has 0 spiro atoms. The highest BCUT2D eigenvalue weighted by Gasteiger charge is 2.11. The number of nitrogens with zero attached hydrogens (tertiary/aromatic N) is 2. The average Bonchev–Trinajstić information content (AvgIpc) is 3.04. The highest BCUT2D eigenvalue weighted by Crippen LogP contribution is 2.31. The summed E-state index contributed by atoms with van der Waals surface area (Å²) in [5.74, 6) is 1.52. The zero-order valence-electron chi connectivity index (χ0n) is 14.8. The molecule has 7 heteroatoms. The number of carbonyl (C=O) groups excluding carboxylic acids is 1. The van der Waals surface area contributed by atoms with E-state index in [4.69, 9.17) is 9.47 Å². The van der Waals surface area contributed by atoms with Crippen LogP contribution in [0.5, 0.6) is 11.5 Å². The molecule has 0 fully saturated rings. The Balaban J connectivity index is 1.81. The first-order valence-corrected chi connectivity index (χ1v) is 9.04. The fraction of sp³-hybridized carbons (Fsp3) is 0.211. The molecule has 1 N–H and O–H groups in total. The van der Waals surface area contributed by atoms with E-state index in [0.29, 0.717) is 29.5 Å². The second-order valence-electron chi connectivity index (χ2n) is 5.55. The fourth-order valence-electron chi connectivity index (χ4n) is 2.30. The molecule has 0 aliphatic rings. The van der Waals surface area contributed by atoms with Crippen LogP contribution in [0.15, 0.2) is 41.9 Å². The van der Waals surface area contributed by atoms with Crippen LogP contribution in [0.1, 0.15) is 28.5 Å². The van der Waals surface area contributed by atoms with Crippen molar-refractivity contribution in [2.45, 2.75) is 20.8 Å². The van der Waals surface area contributed by atoms with Crippen molar-refractivity contribution in [1.82, 2.24) is 9.97 Å². The lowest BCUT2D eigenvalue weighted by molar-refractivity contribution is 0.0526. The first-order chi connectivity index (χ1) is 12.6. The Hall–Kier alpha value is -2.93. The summed E-state index contributed by atoms with van der Waals surface area (Å²) in [6.45, 7) is 5.97. The van der Waals surface area contributed by atoms with Gasteiger partial charge >= 0.3 is 5.97 Å². The monoisotopic (exact) mass is 369 g/mol. The minimum absolute atomic E-state index is 0.332. The first kappa shape index (κ1) is 17.9. The van der Waals surface area contributed by atoms with Crippen LogP contribution in [-0.4, -0.2) is 22.5 Å². The number of hydrogen-bond acceptors (Lipinski definition) is 7. The second kappa shape index (κ2) is 7.97. The Morgan fingerprint density at radius 1 is 1.27 bits per heavy atom. The summed E-state index contributed by atoms with van der Waals surface area (Å²) in [5, 5.41) is 5.96. The topological polar surface area (TPSA) is 73.3 Å². The Kier molecular flexibility index (Phi) is 5.48. The lowest BCUT2D eigenvalue weighted by atomic mass is 10.2. The molecule has 26 heavy (non-hydrogen) atoms. The molecule has 1 aromatic carbocycles. The van der Waals surface area contributed by atoms with Gasteiger partial charge in [-0.1, -0.05) is 6.07 Å². The Morgan fingerprint density at radius 3 is 2.85 bits per heavy atom. The predicted molar refractivity (Wildman–Crippen MR) is 102 cm³/mol. The number of esters is 1. The molecule has 2 heterocycles. The number of aromatic nitrogens is 2. The van der Waals surface area contributed by atoms with Crippen molar-refractivity contribution >= 4 is 28.3 Å². The standard InChI is InChI=1S/C19H19N3O3S/c1-4-24-18(23)14-6-5-7-15(10-14)25-16-8-9-20-17(13(16)3)22-19-21-12(2)11-26-19/h5-11H,4H2,1-3H3,(H,20,21,22). The van der Waals surface area contributed by atoms with Gasteiger partial charge in [-0.2, -0.15) is 0 Å². The highest BCUT2D eigenvalue weighted by atomic mass is 32.1. The van der Waals surface area contributed by atoms with Crippen molar-refractivity contribution in [2.75, 3.05) is 11.9 Å². The summed E-state index contributed by atoms with van der Waals surface area (Å²) in [5.41, 5.74) is 2.26. The molecule has 0 unspecified atom stereocenters. The third-order valence-corrected chi connectivity index (χ3v) is 4.45. The minimum Gasteiger partial charge on any atom is -0.462 e. The Labute approximate surface area is 155 Å². The lowest BCUT2D eigenvalue weighted by Gasteiger charge is -2.12. The van der Waals surface area contributed by atoms with Crippen LogP contribution in [-0.2, 0) is 4.74 Å². The van der Waals surface area contributed by atoms with Gasteiger partial charge in [0.15, 0.2) is 5.13 Å². The largest absolute Gasteiger partial charge is 0.462 e. The van der Waals surface area contributed by atoms with Crippen LogP contribution in [0.3, 0.4) is 0 Å². The zero-order chi connectivity index (χ0) is 18.5. The van der Waals surface area contributed by atoms with Crippen LogP contribution < -0.4 is 10.1 Å². The van der Waals surface area contributed by atoms with Crippen molar-refractivity contribution in [3.8, 4) is 11.5 Å². The van der Waals surface area contributed by atoms with E-state index in [-0.39, 0.29) is 5.97 Å². The molecule has 0 aliphatic carbocycles. The molecular weight excluding hydrogens is 350 g/mol. The van der Waals surface area contributed by atoms with E-state index in [1.807, 2.05) is 19.2 Å². The number of rotatable bonds is 6. The van der Waals surface area contributed by atoms with E-state index < -0.39 is 0 Å². The van der Waals surface area contributed by atoms with Gasteiger partial charge in [-0.05, 0) is 45.0 Å². The number of anilines is 2. The van der Waals surface area contributed by atoms with Crippen molar-refractivity contribution in [1.29, 1.82) is 0 Å². The third kappa shape index (κ3) is 4.18. The first-order valence-electron chi connectivity index (χ1n) is 8.16. The van der Waals surface area contributed by atoms with Gasteiger partial charge in [0.2, 0.25) is 0 Å². The molecule has 6 nitrogen and oxygen atoms in total. The summed E-state index contributed by atoms with van der Waals surface area (Å²) >= 11 is 1.52. The number of aryl methyl sites for hydroxylation is 1. The molecule has 0 bridgehead atoms. The van der Waals surface area contributed by atoms with Gasteiger partial charge in [-0.25, -0.2) is 14.8 Å². The maximum absolute atomic E-state index is 11.9. The van der Waals surface area contributed by atoms with Gasteiger partial charge in [-0.15, -0.1) is 11.3 Å². The normalized spacial score (nSPS) is 10.4. The van der Waals surface area contributed by atoms with Crippen LogP contribution in [0, 0.1) is 13.8 Å². The summed E-state index contributed by atoms with van der Waals surface area (Å²) < 4.78 is 11.0. The summed E-state index contributed by atoms with van der Waals surface area (Å²) in [6.07, 6.45) is 1.67. The SMILES string of the molecule is CCOC(=O)c1cccc(Oc2ccnc(Nc3nc(C)cs3)c2C)c1. The molecule has 0 radical (unpaired) electrons. The third-order valence-electron chi connectivity index (χ3n) is 3.57. The molecule has 0 saturated carbocycles. The van der Waals surface area contributed by atoms with E-state index in [1.54, 1.807) is 43.5 Å². The fourth-order valence-corrected chi connectivity index (χ4v) is 2.98. The second-order valence-corrected chi connectivity index (χ2v) is 6.41. The number of carbonyl (C=O) groups is 1. The summed E-state index contributed by atoms with van der Waals surface area (Å²) in [6, 6.07) is 8.69. The number of thiazole rings is 1. The van der Waals surface area contributed by atoms with E-state index in [0.717, 1.165) is 16.4 Å². The highest BCUT2D eigenvalue weighted by molar-refractivity contribution is 7.13. The van der Waals surface area contributed by atoms with Crippen LogP contribution in [0.25, 0.3) is 0 Å². The molecule has 3 aromatic rings. The smallest absolute Gasteiger partial charge is 0.338 e. The van der Waals surface area contributed by atoms with Crippen LogP contribution in [0.4, 0.5) is 10.9 Å². The molecule has 134 valence electrons. The van der Waals surface area contributed by atoms with Gasteiger partial charge < -0.3 is 14.8 Å². The van der Waals surface area contributed by atoms with E-state index in [1.165, 1.54) is 11.3 Å². The summed E-state index contributed by atoms with van der Waals surface area (Å²) in [7, 11) is 0. The molecule has 0 saturated heterocycles.